The molecule has 94 valence electrons. The molecule has 1 heterocycles. The van der Waals surface area contributed by atoms with Crippen LogP contribution in [0.5, 0.6) is 5.75 Å². The Morgan fingerprint density at radius 2 is 2.06 bits per heavy atom. The molecule has 1 saturated heterocycles. The van der Waals surface area contributed by atoms with Crippen molar-refractivity contribution in [1.29, 1.82) is 0 Å². The zero-order valence-corrected chi connectivity index (χ0v) is 11.8. The van der Waals surface area contributed by atoms with Crippen LogP contribution in [0.2, 0.25) is 0 Å². The maximum Gasteiger partial charge on any atom is 0.126 e. The highest BCUT2D eigenvalue weighted by Crippen LogP contribution is 2.15. The molecule has 1 unspecified atom stereocenters. The number of aryl methyl sites for hydroxylation is 1. The number of ether oxygens (including phenoxy) is 1. The maximum atomic E-state index is 5.33. The van der Waals surface area contributed by atoms with Gasteiger partial charge >= 0.3 is 0 Å². The average Bonchev–Trinajstić information content (AvgIpc) is 2.84. The quantitative estimate of drug-likeness (QED) is 0.744. The molecule has 1 aliphatic rings. The van der Waals surface area contributed by atoms with Crippen LogP contribution in [-0.2, 0) is 6.42 Å². The standard InChI is InChI=1S/C14H22NOP/c1-16-13-11-12(6-7-14(13)17)5-4-10-15-8-2-3-9-15/h6-7,11H,2-5,8-10,17H2,1H3. The first-order valence-corrected chi connectivity index (χ1v) is 7.02. The molecule has 0 saturated carbocycles. The smallest absolute Gasteiger partial charge is 0.126 e. The Morgan fingerprint density at radius 3 is 2.76 bits per heavy atom. The van der Waals surface area contributed by atoms with Gasteiger partial charge in [0.05, 0.1) is 7.11 Å². The topological polar surface area (TPSA) is 12.5 Å². The number of hydrogen-bond acceptors (Lipinski definition) is 2. The highest BCUT2D eigenvalue weighted by molar-refractivity contribution is 7.27. The van der Waals surface area contributed by atoms with Crippen molar-refractivity contribution in [1.82, 2.24) is 4.90 Å². The average molecular weight is 251 g/mol. The third-order valence-electron chi connectivity index (χ3n) is 3.44. The van der Waals surface area contributed by atoms with Crippen molar-refractivity contribution < 1.29 is 4.74 Å². The molecule has 0 N–H and O–H groups in total. The van der Waals surface area contributed by atoms with Crippen LogP contribution < -0.4 is 10.0 Å². The lowest BCUT2D eigenvalue weighted by molar-refractivity contribution is 0.334. The minimum absolute atomic E-state index is 0.980. The Balaban J connectivity index is 1.81. The molecule has 3 heteroatoms. The van der Waals surface area contributed by atoms with Crippen molar-refractivity contribution in [3.63, 3.8) is 0 Å². The lowest BCUT2D eigenvalue weighted by atomic mass is 10.1. The van der Waals surface area contributed by atoms with E-state index >= 15 is 0 Å². The molecule has 1 aliphatic heterocycles. The number of hydrogen-bond donors (Lipinski definition) is 0. The fraction of sp³-hybridized carbons (Fsp3) is 0.571. The SMILES string of the molecule is COc1cc(CCCN2CCCC2)ccc1P. The summed E-state index contributed by atoms with van der Waals surface area (Å²) >= 11 is 0. The van der Waals surface area contributed by atoms with Gasteiger partial charge in [0, 0.05) is 5.30 Å². The maximum absolute atomic E-state index is 5.33. The largest absolute Gasteiger partial charge is 0.496 e. The summed E-state index contributed by atoms with van der Waals surface area (Å²) in [5, 5.41) is 1.13. The first-order valence-electron chi connectivity index (χ1n) is 6.44. The minimum atomic E-state index is 0.980. The van der Waals surface area contributed by atoms with Crippen molar-refractivity contribution in [2.24, 2.45) is 0 Å². The van der Waals surface area contributed by atoms with Crippen LogP contribution in [-0.4, -0.2) is 31.6 Å². The zero-order chi connectivity index (χ0) is 12.1. The number of rotatable bonds is 5. The fourth-order valence-electron chi connectivity index (χ4n) is 2.42. The molecule has 1 aromatic carbocycles. The molecule has 2 rings (SSSR count). The van der Waals surface area contributed by atoms with Crippen LogP contribution in [0.3, 0.4) is 0 Å². The predicted octanol–water partition coefficient (Wildman–Crippen LogP) is 2.22. The molecule has 17 heavy (non-hydrogen) atoms. The van der Waals surface area contributed by atoms with E-state index in [0.29, 0.717) is 0 Å². The highest BCUT2D eigenvalue weighted by atomic mass is 31.0. The molecular formula is C14H22NOP. The summed E-state index contributed by atoms with van der Waals surface area (Å²) in [6, 6.07) is 6.48. The Kier molecular flexibility index (Phi) is 4.82. The van der Waals surface area contributed by atoms with Crippen molar-refractivity contribution in [3.05, 3.63) is 23.8 Å². The van der Waals surface area contributed by atoms with Gasteiger partial charge in [-0.05, 0) is 56.9 Å². The van der Waals surface area contributed by atoms with Crippen LogP contribution in [0.25, 0.3) is 0 Å². The Hall–Kier alpha value is -0.590. The number of methoxy groups -OCH3 is 1. The summed E-state index contributed by atoms with van der Waals surface area (Å²) in [7, 11) is 4.44. The molecule has 0 bridgehead atoms. The van der Waals surface area contributed by atoms with Gasteiger partial charge in [0.25, 0.3) is 0 Å². The molecule has 0 aromatic heterocycles. The van der Waals surface area contributed by atoms with Crippen molar-refractivity contribution in [2.45, 2.75) is 25.7 Å². The van der Waals surface area contributed by atoms with E-state index in [1.165, 1.54) is 44.5 Å². The molecule has 1 aromatic rings. The first kappa shape index (κ1) is 12.9. The Labute approximate surface area is 107 Å². The van der Waals surface area contributed by atoms with Crippen LogP contribution in [0.1, 0.15) is 24.8 Å². The van der Waals surface area contributed by atoms with Gasteiger partial charge in [0.1, 0.15) is 5.75 Å². The molecular weight excluding hydrogens is 229 g/mol. The zero-order valence-electron chi connectivity index (χ0n) is 10.6. The Morgan fingerprint density at radius 1 is 1.29 bits per heavy atom. The molecule has 1 fully saturated rings. The second-order valence-corrected chi connectivity index (χ2v) is 5.35. The summed E-state index contributed by atoms with van der Waals surface area (Å²) < 4.78 is 5.33. The molecule has 0 radical (unpaired) electrons. The second kappa shape index (κ2) is 6.37. The molecule has 2 nitrogen and oxygen atoms in total. The van der Waals surface area contributed by atoms with Crippen LogP contribution in [0, 0.1) is 0 Å². The van der Waals surface area contributed by atoms with Gasteiger partial charge in [-0.25, -0.2) is 0 Å². The lowest BCUT2D eigenvalue weighted by Gasteiger charge is -2.14. The lowest BCUT2D eigenvalue weighted by Crippen LogP contribution is -2.20. The van der Waals surface area contributed by atoms with Gasteiger partial charge in [0.2, 0.25) is 0 Å². The summed E-state index contributed by atoms with van der Waals surface area (Å²) in [6.45, 7) is 3.84. The van der Waals surface area contributed by atoms with Gasteiger partial charge in [-0.2, -0.15) is 0 Å². The molecule has 0 amide bonds. The summed E-state index contributed by atoms with van der Waals surface area (Å²) in [5.74, 6) is 0.980. The number of benzene rings is 1. The van der Waals surface area contributed by atoms with Gasteiger partial charge in [-0.15, -0.1) is 9.24 Å². The van der Waals surface area contributed by atoms with E-state index in [0.717, 1.165) is 17.5 Å². The Bertz CT molecular complexity index is 361. The van der Waals surface area contributed by atoms with E-state index in [9.17, 15) is 0 Å². The first-order chi connectivity index (χ1) is 8.29. The predicted molar refractivity (Wildman–Crippen MR) is 76.3 cm³/mol. The van der Waals surface area contributed by atoms with E-state index in [1.807, 2.05) is 0 Å². The second-order valence-electron chi connectivity index (χ2n) is 4.73. The highest BCUT2D eigenvalue weighted by Gasteiger charge is 2.10. The molecule has 1 atom stereocenters. The number of nitrogens with zero attached hydrogens (tertiary/aromatic N) is 1. The van der Waals surface area contributed by atoms with E-state index < -0.39 is 0 Å². The van der Waals surface area contributed by atoms with Gasteiger partial charge in [-0.1, -0.05) is 12.1 Å². The molecule has 0 aliphatic carbocycles. The van der Waals surface area contributed by atoms with Gasteiger partial charge < -0.3 is 9.64 Å². The van der Waals surface area contributed by atoms with Gasteiger partial charge in [0.15, 0.2) is 0 Å². The fourth-order valence-corrected chi connectivity index (χ4v) is 2.72. The number of likely N-dealkylation sites (tertiary alicyclic amines) is 1. The third kappa shape index (κ3) is 3.69. The van der Waals surface area contributed by atoms with Crippen LogP contribution >= 0.6 is 9.24 Å². The minimum Gasteiger partial charge on any atom is -0.496 e. The van der Waals surface area contributed by atoms with E-state index in [1.54, 1.807) is 7.11 Å². The van der Waals surface area contributed by atoms with E-state index in [4.69, 9.17) is 4.74 Å². The summed E-state index contributed by atoms with van der Waals surface area (Å²) in [5.41, 5.74) is 1.38. The van der Waals surface area contributed by atoms with Gasteiger partial charge in [-0.3, -0.25) is 0 Å². The van der Waals surface area contributed by atoms with Crippen molar-refractivity contribution in [3.8, 4) is 5.75 Å². The van der Waals surface area contributed by atoms with Crippen LogP contribution in [0.4, 0.5) is 0 Å². The van der Waals surface area contributed by atoms with Crippen LogP contribution in [0.15, 0.2) is 18.2 Å². The van der Waals surface area contributed by atoms with E-state index in [-0.39, 0.29) is 0 Å². The summed E-state index contributed by atoms with van der Waals surface area (Å²) in [4.78, 5) is 2.57. The summed E-state index contributed by atoms with van der Waals surface area (Å²) in [6.07, 6.45) is 5.17. The third-order valence-corrected chi connectivity index (χ3v) is 3.91. The van der Waals surface area contributed by atoms with E-state index in [2.05, 4.69) is 32.3 Å². The normalized spacial score (nSPS) is 16.4. The van der Waals surface area contributed by atoms with Crippen molar-refractivity contribution in [2.75, 3.05) is 26.7 Å². The molecule has 0 spiro atoms. The van der Waals surface area contributed by atoms with Crippen molar-refractivity contribution >= 4 is 14.5 Å². The monoisotopic (exact) mass is 251 g/mol.